The van der Waals surface area contributed by atoms with Crippen molar-refractivity contribution in [3.05, 3.63) is 33.4 Å². The summed E-state index contributed by atoms with van der Waals surface area (Å²) in [6.45, 7) is 1.54. The molecule has 6 heteroatoms. The summed E-state index contributed by atoms with van der Waals surface area (Å²) >= 11 is 5.24. The molecule has 0 heterocycles. The van der Waals surface area contributed by atoms with Gasteiger partial charge in [0.05, 0.1) is 17.6 Å². The molecule has 1 aromatic rings. The molecular formula is C9H8ClNO4. The summed E-state index contributed by atoms with van der Waals surface area (Å²) in [4.78, 5) is 21.0. The van der Waals surface area contributed by atoms with Gasteiger partial charge in [-0.25, -0.2) is 0 Å². The average Bonchev–Trinajstić information content (AvgIpc) is 2.17. The molecule has 0 spiro atoms. The Hall–Kier alpha value is -1.62. The summed E-state index contributed by atoms with van der Waals surface area (Å²) in [5.74, 6) is 0.271. The molecule has 0 saturated carbocycles. The number of hydrogen-bond acceptors (Lipinski definition) is 4. The average molecular weight is 230 g/mol. The summed E-state index contributed by atoms with van der Waals surface area (Å²) in [5, 5.41) is 9.91. The molecule has 15 heavy (non-hydrogen) atoms. The second kappa shape index (κ2) is 4.27. The Morgan fingerprint density at radius 3 is 2.53 bits per heavy atom. The highest BCUT2D eigenvalue weighted by Gasteiger charge is 2.18. The zero-order valence-corrected chi connectivity index (χ0v) is 8.87. The third kappa shape index (κ3) is 2.24. The summed E-state index contributed by atoms with van der Waals surface area (Å²) in [6, 6.07) is 2.50. The number of carbonyl (C=O) groups excluding carboxylic acids is 1. The van der Waals surface area contributed by atoms with Gasteiger partial charge in [-0.1, -0.05) is 0 Å². The molecule has 0 N–H and O–H groups in total. The van der Waals surface area contributed by atoms with E-state index in [1.165, 1.54) is 13.2 Å². The first-order chi connectivity index (χ1) is 6.97. The molecule has 0 saturated heterocycles. The van der Waals surface area contributed by atoms with Crippen LogP contribution in [0.1, 0.15) is 15.9 Å². The standard InChI is InChI=1S/C9H8ClNO4/c1-5-7(11(13)14)3-6(9(10)12)4-8(5)15-2/h3-4H,1-2H3. The van der Waals surface area contributed by atoms with Crippen LogP contribution in [0.3, 0.4) is 0 Å². The molecule has 1 rings (SSSR count). The maximum Gasteiger partial charge on any atom is 0.276 e. The number of rotatable bonds is 3. The zero-order valence-electron chi connectivity index (χ0n) is 8.11. The Kier molecular flexibility index (Phi) is 3.26. The highest BCUT2D eigenvalue weighted by atomic mass is 35.5. The van der Waals surface area contributed by atoms with Crippen molar-refractivity contribution >= 4 is 22.5 Å². The van der Waals surface area contributed by atoms with Crippen LogP contribution in [-0.2, 0) is 0 Å². The van der Waals surface area contributed by atoms with Gasteiger partial charge in [0.25, 0.3) is 10.9 Å². The summed E-state index contributed by atoms with van der Waals surface area (Å²) in [6.07, 6.45) is 0. The van der Waals surface area contributed by atoms with Crippen LogP contribution in [-0.4, -0.2) is 17.3 Å². The number of hydrogen-bond donors (Lipinski definition) is 0. The second-order valence-corrected chi connectivity index (χ2v) is 3.20. The molecule has 80 valence electrons. The number of methoxy groups -OCH3 is 1. The van der Waals surface area contributed by atoms with Gasteiger partial charge in [0.2, 0.25) is 0 Å². The van der Waals surface area contributed by atoms with Gasteiger partial charge in [0, 0.05) is 11.6 Å². The van der Waals surface area contributed by atoms with E-state index in [-0.39, 0.29) is 17.0 Å². The molecule has 0 aliphatic rings. The van der Waals surface area contributed by atoms with Crippen molar-refractivity contribution in [3.8, 4) is 5.75 Å². The van der Waals surface area contributed by atoms with Crippen LogP contribution < -0.4 is 4.74 Å². The topological polar surface area (TPSA) is 69.4 Å². The normalized spacial score (nSPS) is 9.80. The van der Waals surface area contributed by atoms with Crippen molar-refractivity contribution in [2.24, 2.45) is 0 Å². The van der Waals surface area contributed by atoms with E-state index in [9.17, 15) is 14.9 Å². The number of nitro groups is 1. The highest BCUT2D eigenvalue weighted by molar-refractivity contribution is 6.67. The van der Waals surface area contributed by atoms with Crippen LogP contribution in [0.4, 0.5) is 5.69 Å². The summed E-state index contributed by atoms with van der Waals surface area (Å²) < 4.78 is 4.91. The first-order valence-electron chi connectivity index (χ1n) is 4.00. The van der Waals surface area contributed by atoms with Gasteiger partial charge in [0.1, 0.15) is 5.75 Å². The number of halogens is 1. The number of nitrogens with zero attached hydrogens (tertiary/aromatic N) is 1. The molecule has 0 unspecified atom stereocenters. The Morgan fingerprint density at radius 1 is 1.53 bits per heavy atom. The highest BCUT2D eigenvalue weighted by Crippen LogP contribution is 2.29. The molecule has 0 radical (unpaired) electrons. The smallest absolute Gasteiger partial charge is 0.276 e. The number of benzene rings is 1. The first-order valence-corrected chi connectivity index (χ1v) is 4.38. The van der Waals surface area contributed by atoms with Gasteiger partial charge in [-0.05, 0) is 24.6 Å². The third-order valence-corrected chi connectivity index (χ3v) is 2.19. The van der Waals surface area contributed by atoms with E-state index in [1.807, 2.05) is 0 Å². The molecule has 0 atom stereocenters. The molecule has 0 fully saturated rings. The molecular weight excluding hydrogens is 222 g/mol. The van der Waals surface area contributed by atoms with Crippen molar-refractivity contribution in [3.63, 3.8) is 0 Å². The molecule has 1 aromatic carbocycles. The lowest BCUT2D eigenvalue weighted by Gasteiger charge is -2.06. The van der Waals surface area contributed by atoms with E-state index < -0.39 is 10.2 Å². The number of carbonyl (C=O) groups is 1. The fourth-order valence-electron chi connectivity index (χ4n) is 1.19. The Bertz CT molecular complexity index is 430. The van der Waals surface area contributed by atoms with Crippen LogP contribution in [0, 0.1) is 17.0 Å². The second-order valence-electron chi connectivity index (χ2n) is 2.85. The molecule has 5 nitrogen and oxygen atoms in total. The predicted molar refractivity (Wildman–Crippen MR) is 54.6 cm³/mol. The van der Waals surface area contributed by atoms with Crippen LogP contribution >= 0.6 is 11.6 Å². The zero-order chi connectivity index (χ0) is 11.6. The Morgan fingerprint density at radius 2 is 2.13 bits per heavy atom. The molecule has 0 bridgehead atoms. The van der Waals surface area contributed by atoms with Crippen molar-refractivity contribution in [1.29, 1.82) is 0 Å². The molecule has 0 amide bonds. The summed E-state index contributed by atoms with van der Waals surface area (Å²) in [5.41, 5.74) is 0.230. The van der Waals surface area contributed by atoms with E-state index in [2.05, 4.69) is 0 Å². The van der Waals surface area contributed by atoms with Crippen LogP contribution in [0.2, 0.25) is 0 Å². The van der Waals surface area contributed by atoms with E-state index in [0.717, 1.165) is 6.07 Å². The fraction of sp³-hybridized carbons (Fsp3) is 0.222. The van der Waals surface area contributed by atoms with Crippen molar-refractivity contribution < 1.29 is 14.5 Å². The summed E-state index contributed by atoms with van der Waals surface area (Å²) in [7, 11) is 1.37. The van der Waals surface area contributed by atoms with E-state index in [1.54, 1.807) is 6.92 Å². The maximum atomic E-state index is 10.9. The quantitative estimate of drug-likeness (QED) is 0.453. The minimum absolute atomic E-state index is 0.0471. The van der Waals surface area contributed by atoms with Crippen LogP contribution in [0.5, 0.6) is 5.75 Å². The lowest BCUT2D eigenvalue weighted by atomic mass is 10.1. The number of nitro benzene ring substituents is 1. The molecule has 0 aliphatic carbocycles. The van der Waals surface area contributed by atoms with E-state index in [4.69, 9.17) is 16.3 Å². The van der Waals surface area contributed by atoms with Crippen LogP contribution in [0.15, 0.2) is 12.1 Å². The molecule has 0 aliphatic heterocycles. The van der Waals surface area contributed by atoms with E-state index >= 15 is 0 Å². The van der Waals surface area contributed by atoms with Gasteiger partial charge in [0.15, 0.2) is 0 Å². The van der Waals surface area contributed by atoms with Gasteiger partial charge >= 0.3 is 0 Å². The van der Waals surface area contributed by atoms with Gasteiger partial charge in [-0.15, -0.1) is 0 Å². The van der Waals surface area contributed by atoms with Crippen LogP contribution in [0.25, 0.3) is 0 Å². The SMILES string of the molecule is COc1cc(C(=O)Cl)cc([N+](=O)[O-])c1C. The lowest BCUT2D eigenvalue weighted by molar-refractivity contribution is -0.385. The Balaban J connectivity index is 3.45. The van der Waals surface area contributed by atoms with Gasteiger partial charge in [-0.2, -0.15) is 0 Å². The van der Waals surface area contributed by atoms with E-state index in [0.29, 0.717) is 5.56 Å². The van der Waals surface area contributed by atoms with Crippen molar-refractivity contribution in [1.82, 2.24) is 0 Å². The first kappa shape index (κ1) is 11.5. The van der Waals surface area contributed by atoms with Crippen molar-refractivity contribution in [2.75, 3.05) is 7.11 Å². The van der Waals surface area contributed by atoms with Crippen molar-refractivity contribution in [2.45, 2.75) is 6.92 Å². The molecule has 0 aromatic heterocycles. The third-order valence-electron chi connectivity index (χ3n) is 1.98. The fourth-order valence-corrected chi connectivity index (χ4v) is 1.30. The largest absolute Gasteiger partial charge is 0.496 e. The Labute approximate surface area is 90.8 Å². The minimum atomic E-state index is -0.753. The minimum Gasteiger partial charge on any atom is -0.496 e. The van der Waals surface area contributed by atoms with Gasteiger partial charge in [-0.3, -0.25) is 14.9 Å². The lowest BCUT2D eigenvalue weighted by Crippen LogP contribution is -1.99. The van der Waals surface area contributed by atoms with Gasteiger partial charge < -0.3 is 4.74 Å². The monoisotopic (exact) mass is 229 g/mol. The maximum absolute atomic E-state index is 10.9. The predicted octanol–water partition coefficient (Wildman–Crippen LogP) is 2.29. The number of ether oxygens (including phenoxy) is 1.